The molecular weight excluding hydrogens is 316 g/mol. The van der Waals surface area contributed by atoms with Crippen molar-refractivity contribution in [3.05, 3.63) is 53.7 Å². The molecule has 0 saturated carbocycles. The Morgan fingerprint density at radius 3 is 2.43 bits per heavy atom. The van der Waals surface area contributed by atoms with E-state index in [1.807, 2.05) is 14.1 Å². The normalized spacial score (nSPS) is 11.1. The molecule has 23 heavy (non-hydrogen) atoms. The summed E-state index contributed by atoms with van der Waals surface area (Å²) in [6.45, 7) is 0.269. The number of hydrogen-bond acceptors (Lipinski definition) is 5. The molecule has 1 amide bonds. The lowest BCUT2D eigenvalue weighted by atomic mass is 10.2. The zero-order valence-electron chi connectivity index (χ0n) is 12.9. The number of benzene rings is 1. The second-order valence-corrected chi connectivity index (χ2v) is 6.70. The molecule has 1 aromatic heterocycles. The number of anilines is 1. The Morgan fingerprint density at radius 2 is 1.87 bits per heavy atom. The number of sulfonamides is 1. The summed E-state index contributed by atoms with van der Waals surface area (Å²) in [5, 5.41) is 7.82. The Hall–Kier alpha value is -2.45. The minimum atomic E-state index is -3.71. The van der Waals surface area contributed by atoms with Gasteiger partial charge in [-0.2, -0.15) is 0 Å². The molecule has 0 unspecified atom stereocenters. The lowest BCUT2D eigenvalue weighted by Crippen LogP contribution is -2.26. The van der Waals surface area contributed by atoms with Crippen molar-refractivity contribution in [2.45, 2.75) is 11.4 Å². The lowest BCUT2D eigenvalue weighted by Gasteiger charge is -2.15. The molecule has 0 aliphatic carbocycles. The van der Waals surface area contributed by atoms with E-state index in [-0.39, 0.29) is 17.3 Å². The van der Waals surface area contributed by atoms with E-state index in [1.165, 1.54) is 12.1 Å². The summed E-state index contributed by atoms with van der Waals surface area (Å²) >= 11 is 0. The highest BCUT2D eigenvalue weighted by molar-refractivity contribution is 7.89. The first kappa shape index (κ1) is 16.9. The van der Waals surface area contributed by atoms with Crippen molar-refractivity contribution in [3.63, 3.8) is 0 Å². The fraction of sp³-hybridized carbons (Fsp3) is 0.200. The van der Waals surface area contributed by atoms with Gasteiger partial charge in [-0.1, -0.05) is 12.1 Å². The van der Waals surface area contributed by atoms with Gasteiger partial charge in [-0.3, -0.25) is 4.79 Å². The predicted octanol–water partition coefficient (Wildman–Crippen LogP) is 0.725. The first-order chi connectivity index (χ1) is 10.8. The van der Waals surface area contributed by atoms with E-state index in [1.54, 1.807) is 35.4 Å². The number of pyridine rings is 1. The number of nitrogens with two attached hydrogens (primary N) is 1. The number of aromatic nitrogens is 1. The Labute approximate surface area is 135 Å². The maximum absolute atomic E-state index is 12.3. The zero-order valence-corrected chi connectivity index (χ0v) is 13.7. The molecule has 0 fully saturated rings. The fourth-order valence-corrected chi connectivity index (χ4v) is 2.52. The van der Waals surface area contributed by atoms with Crippen molar-refractivity contribution in [1.29, 1.82) is 0 Å². The average Bonchev–Trinajstić information content (AvgIpc) is 2.52. The Bertz CT molecular complexity index is 802. The average molecular weight is 334 g/mol. The van der Waals surface area contributed by atoms with Crippen molar-refractivity contribution < 1.29 is 13.2 Å². The molecule has 2 aromatic rings. The van der Waals surface area contributed by atoms with Gasteiger partial charge in [0, 0.05) is 26.8 Å². The molecule has 2 rings (SSSR count). The number of carbonyl (C=O) groups is 1. The van der Waals surface area contributed by atoms with Crippen molar-refractivity contribution in [3.8, 4) is 0 Å². The van der Waals surface area contributed by atoms with Crippen molar-refractivity contribution in [2.24, 2.45) is 5.14 Å². The maximum atomic E-state index is 12.3. The molecule has 0 aliphatic heterocycles. The minimum Gasteiger partial charge on any atom is -0.362 e. The molecule has 0 radical (unpaired) electrons. The van der Waals surface area contributed by atoms with Gasteiger partial charge >= 0.3 is 0 Å². The summed E-state index contributed by atoms with van der Waals surface area (Å²) in [7, 11) is -0.0889. The molecule has 7 nitrogen and oxygen atoms in total. The molecule has 0 atom stereocenters. The van der Waals surface area contributed by atoms with Crippen LogP contribution in [0.3, 0.4) is 0 Å². The van der Waals surface area contributed by atoms with Crippen LogP contribution in [0.5, 0.6) is 0 Å². The minimum absolute atomic E-state index is 0.0368. The third-order valence-electron chi connectivity index (χ3n) is 3.16. The van der Waals surface area contributed by atoms with Crippen LogP contribution in [-0.4, -0.2) is 33.4 Å². The number of nitrogens with one attached hydrogen (secondary N) is 1. The first-order valence-corrected chi connectivity index (χ1v) is 8.36. The highest BCUT2D eigenvalue weighted by atomic mass is 32.2. The molecular formula is C15H18N4O3S. The molecule has 3 N–H and O–H groups in total. The molecule has 1 aromatic carbocycles. The van der Waals surface area contributed by atoms with Crippen LogP contribution in [0.4, 0.5) is 5.82 Å². The van der Waals surface area contributed by atoms with Gasteiger partial charge < -0.3 is 10.2 Å². The van der Waals surface area contributed by atoms with Gasteiger partial charge in [0.1, 0.15) is 5.82 Å². The van der Waals surface area contributed by atoms with Crippen molar-refractivity contribution in [2.75, 3.05) is 19.0 Å². The van der Waals surface area contributed by atoms with Crippen molar-refractivity contribution >= 4 is 21.7 Å². The second kappa shape index (κ2) is 6.76. The number of amides is 1. The maximum Gasteiger partial charge on any atom is 0.255 e. The fourth-order valence-electron chi connectivity index (χ4n) is 2.01. The molecule has 0 bridgehead atoms. The number of nitrogens with zero attached hydrogens (tertiary/aromatic N) is 2. The number of primary sulfonamides is 1. The number of carbonyl (C=O) groups excluding carboxylic acids is 1. The third-order valence-corrected chi connectivity index (χ3v) is 4.09. The summed E-state index contributed by atoms with van der Waals surface area (Å²) in [6.07, 6.45) is 1.62. The van der Waals surface area contributed by atoms with Gasteiger partial charge in [0.2, 0.25) is 10.0 Å². The van der Waals surface area contributed by atoms with Crippen LogP contribution in [0.1, 0.15) is 15.9 Å². The van der Waals surface area contributed by atoms with Crippen LogP contribution < -0.4 is 15.4 Å². The zero-order chi connectivity index (χ0) is 17.0. The van der Waals surface area contributed by atoms with E-state index in [9.17, 15) is 13.2 Å². The van der Waals surface area contributed by atoms with Gasteiger partial charge in [-0.25, -0.2) is 18.5 Å². The van der Waals surface area contributed by atoms with Crippen LogP contribution in [-0.2, 0) is 16.6 Å². The van der Waals surface area contributed by atoms with E-state index in [0.717, 1.165) is 5.56 Å². The highest BCUT2D eigenvalue weighted by Gasteiger charge is 2.13. The standard InChI is InChI=1S/C15H18N4O3S/c1-19(2)14-13(4-3-9-17-14)15(20)18-10-11-5-7-12(8-6-11)23(16,21)22/h3-9H,10H2,1-2H3,(H,18,20)(H2,16,21,22). The van der Waals surface area contributed by atoms with E-state index < -0.39 is 10.0 Å². The highest BCUT2D eigenvalue weighted by Crippen LogP contribution is 2.14. The lowest BCUT2D eigenvalue weighted by molar-refractivity contribution is 0.0951. The van der Waals surface area contributed by atoms with Gasteiger partial charge in [0.25, 0.3) is 5.91 Å². The SMILES string of the molecule is CN(C)c1ncccc1C(=O)NCc1ccc(S(N)(=O)=O)cc1. The smallest absolute Gasteiger partial charge is 0.255 e. The molecule has 0 saturated heterocycles. The number of rotatable bonds is 5. The Morgan fingerprint density at radius 1 is 1.22 bits per heavy atom. The van der Waals surface area contributed by atoms with E-state index in [2.05, 4.69) is 10.3 Å². The van der Waals surface area contributed by atoms with Crippen LogP contribution in [0.15, 0.2) is 47.5 Å². The first-order valence-electron chi connectivity index (χ1n) is 6.81. The van der Waals surface area contributed by atoms with Crippen LogP contribution in [0.25, 0.3) is 0 Å². The monoisotopic (exact) mass is 334 g/mol. The Kier molecular flexibility index (Phi) is 4.97. The van der Waals surface area contributed by atoms with Crippen LogP contribution in [0.2, 0.25) is 0 Å². The molecule has 0 spiro atoms. The summed E-state index contributed by atoms with van der Waals surface area (Å²) in [4.78, 5) is 18.2. The second-order valence-electron chi connectivity index (χ2n) is 5.14. The molecule has 8 heteroatoms. The molecule has 0 aliphatic rings. The topological polar surface area (TPSA) is 105 Å². The van der Waals surface area contributed by atoms with Crippen LogP contribution >= 0.6 is 0 Å². The van der Waals surface area contributed by atoms with Gasteiger partial charge in [0.15, 0.2) is 0 Å². The summed E-state index contributed by atoms with van der Waals surface area (Å²) in [5.41, 5.74) is 1.24. The summed E-state index contributed by atoms with van der Waals surface area (Å²) in [5.74, 6) is 0.326. The van der Waals surface area contributed by atoms with Crippen LogP contribution in [0, 0.1) is 0 Å². The molecule has 1 heterocycles. The largest absolute Gasteiger partial charge is 0.362 e. The Balaban J connectivity index is 2.08. The summed E-state index contributed by atoms with van der Waals surface area (Å²) in [6, 6.07) is 9.43. The quantitative estimate of drug-likeness (QED) is 0.838. The summed E-state index contributed by atoms with van der Waals surface area (Å²) < 4.78 is 22.4. The van der Waals surface area contributed by atoms with E-state index in [4.69, 9.17) is 5.14 Å². The number of hydrogen-bond donors (Lipinski definition) is 2. The van der Waals surface area contributed by atoms with Gasteiger partial charge in [-0.15, -0.1) is 0 Å². The van der Waals surface area contributed by atoms with Gasteiger partial charge in [0.05, 0.1) is 10.5 Å². The molecule has 122 valence electrons. The van der Waals surface area contributed by atoms with Crippen molar-refractivity contribution in [1.82, 2.24) is 10.3 Å². The third kappa shape index (κ3) is 4.27. The van der Waals surface area contributed by atoms with E-state index >= 15 is 0 Å². The van der Waals surface area contributed by atoms with Gasteiger partial charge in [-0.05, 0) is 29.8 Å². The predicted molar refractivity (Wildman–Crippen MR) is 87.5 cm³/mol. The van der Waals surface area contributed by atoms with E-state index in [0.29, 0.717) is 11.4 Å².